The first kappa shape index (κ1) is 17.2. The van der Waals surface area contributed by atoms with Crippen LogP contribution in [0.1, 0.15) is 24.3 Å². The van der Waals surface area contributed by atoms with E-state index < -0.39 is 0 Å². The van der Waals surface area contributed by atoms with E-state index in [0.717, 1.165) is 44.6 Å². The predicted octanol–water partition coefficient (Wildman–Crippen LogP) is 1.87. The summed E-state index contributed by atoms with van der Waals surface area (Å²) in [4.78, 5) is 21.0. The summed E-state index contributed by atoms with van der Waals surface area (Å²) in [5, 5.41) is 4.08. The summed E-state index contributed by atoms with van der Waals surface area (Å²) in [6.45, 7) is 6.42. The topological polar surface area (TPSA) is 71.7 Å². The summed E-state index contributed by atoms with van der Waals surface area (Å²) in [5.41, 5.74) is 2.16. The van der Waals surface area contributed by atoms with Gasteiger partial charge in [0.2, 0.25) is 11.7 Å². The van der Waals surface area contributed by atoms with Crippen LogP contribution < -0.4 is 0 Å². The Kier molecular flexibility index (Phi) is 4.99. The van der Waals surface area contributed by atoms with Gasteiger partial charge < -0.3 is 14.2 Å². The first-order chi connectivity index (χ1) is 12.7. The van der Waals surface area contributed by atoms with Gasteiger partial charge in [-0.2, -0.15) is 4.98 Å². The molecule has 0 bridgehead atoms. The molecule has 0 saturated carbocycles. The van der Waals surface area contributed by atoms with Crippen LogP contribution >= 0.6 is 0 Å². The molecular weight excluding hydrogens is 332 g/mol. The predicted molar refractivity (Wildman–Crippen MR) is 95.3 cm³/mol. The lowest BCUT2D eigenvalue weighted by molar-refractivity contribution is -0.142. The molecule has 2 saturated heterocycles. The van der Waals surface area contributed by atoms with Crippen molar-refractivity contribution >= 4 is 5.91 Å². The average Bonchev–Trinajstić information content (AvgIpc) is 3.35. The number of piperazine rings is 1. The number of rotatable bonds is 4. The number of hydrogen-bond acceptors (Lipinski definition) is 6. The second kappa shape index (κ2) is 7.55. The van der Waals surface area contributed by atoms with E-state index in [0.29, 0.717) is 24.9 Å². The Morgan fingerprint density at radius 1 is 1.19 bits per heavy atom. The standard InChI is InChI=1S/C19H24N4O3/c1-14-4-6-15(7-5-14)18-20-17(26-21-18)13-22-8-10-23(11-9-22)19(24)16-3-2-12-25-16/h4-7,16H,2-3,8-13H2,1H3. The molecule has 1 atom stereocenters. The molecule has 0 spiro atoms. The number of hydrogen-bond donors (Lipinski definition) is 0. The monoisotopic (exact) mass is 356 g/mol. The van der Waals surface area contributed by atoms with E-state index in [-0.39, 0.29) is 12.0 Å². The first-order valence-electron chi connectivity index (χ1n) is 9.21. The Hall–Kier alpha value is -2.25. The number of nitrogens with zero attached hydrogens (tertiary/aromatic N) is 4. The van der Waals surface area contributed by atoms with Gasteiger partial charge in [-0.1, -0.05) is 35.0 Å². The molecule has 1 unspecified atom stereocenters. The minimum absolute atomic E-state index is 0.140. The molecule has 1 aromatic carbocycles. The highest BCUT2D eigenvalue weighted by molar-refractivity contribution is 5.81. The Bertz CT molecular complexity index is 744. The van der Waals surface area contributed by atoms with Gasteiger partial charge in [-0.05, 0) is 19.8 Å². The second-order valence-corrected chi connectivity index (χ2v) is 6.98. The molecular formula is C19H24N4O3. The zero-order chi connectivity index (χ0) is 17.9. The number of benzene rings is 1. The second-order valence-electron chi connectivity index (χ2n) is 6.98. The molecule has 4 rings (SSSR count). The van der Waals surface area contributed by atoms with Crippen LogP contribution in [0.15, 0.2) is 28.8 Å². The average molecular weight is 356 g/mol. The van der Waals surface area contributed by atoms with Crippen molar-refractivity contribution in [2.45, 2.75) is 32.4 Å². The van der Waals surface area contributed by atoms with Gasteiger partial charge in [0.1, 0.15) is 6.10 Å². The molecule has 0 N–H and O–H groups in total. The van der Waals surface area contributed by atoms with E-state index in [1.807, 2.05) is 29.2 Å². The van der Waals surface area contributed by atoms with Crippen molar-refractivity contribution in [3.8, 4) is 11.4 Å². The minimum Gasteiger partial charge on any atom is -0.368 e. The Labute approximate surface area is 152 Å². The van der Waals surface area contributed by atoms with E-state index in [9.17, 15) is 4.79 Å². The van der Waals surface area contributed by atoms with Gasteiger partial charge in [0, 0.05) is 38.3 Å². The lowest BCUT2D eigenvalue weighted by Gasteiger charge is -2.35. The van der Waals surface area contributed by atoms with Crippen molar-refractivity contribution in [1.82, 2.24) is 19.9 Å². The number of ether oxygens (including phenoxy) is 1. The zero-order valence-corrected chi connectivity index (χ0v) is 15.1. The fourth-order valence-electron chi connectivity index (χ4n) is 3.43. The highest BCUT2D eigenvalue weighted by Crippen LogP contribution is 2.19. The van der Waals surface area contributed by atoms with Crippen LogP contribution in [0.3, 0.4) is 0 Å². The molecule has 7 heteroatoms. The van der Waals surface area contributed by atoms with Crippen LogP contribution in [0.2, 0.25) is 0 Å². The van der Waals surface area contributed by atoms with Crippen molar-refractivity contribution < 1.29 is 14.1 Å². The summed E-state index contributed by atoms with van der Waals surface area (Å²) in [5.74, 6) is 1.37. The van der Waals surface area contributed by atoms with Crippen LogP contribution in [-0.4, -0.2) is 64.7 Å². The van der Waals surface area contributed by atoms with Gasteiger partial charge in [0.25, 0.3) is 5.91 Å². The van der Waals surface area contributed by atoms with Crippen molar-refractivity contribution in [2.75, 3.05) is 32.8 Å². The van der Waals surface area contributed by atoms with Gasteiger partial charge in [0.05, 0.1) is 6.54 Å². The van der Waals surface area contributed by atoms with Gasteiger partial charge >= 0.3 is 0 Å². The minimum atomic E-state index is -0.227. The molecule has 2 aliphatic heterocycles. The maximum atomic E-state index is 12.4. The third-order valence-electron chi connectivity index (χ3n) is 5.03. The van der Waals surface area contributed by atoms with Crippen LogP contribution in [-0.2, 0) is 16.1 Å². The van der Waals surface area contributed by atoms with E-state index in [4.69, 9.17) is 9.26 Å². The first-order valence-corrected chi connectivity index (χ1v) is 9.21. The Morgan fingerprint density at radius 3 is 2.65 bits per heavy atom. The van der Waals surface area contributed by atoms with Crippen LogP contribution in [0.5, 0.6) is 0 Å². The highest BCUT2D eigenvalue weighted by atomic mass is 16.5. The molecule has 0 radical (unpaired) electrons. The van der Waals surface area contributed by atoms with Gasteiger partial charge in [0.15, 0.2) is 0 Å². The Balaban J connectivity index is 1.30. The van der Waals surface area contributed by atoms with Crippen LogP contribution in [0.25, 0.3) is 11.4 Å². The number of carbonyl (C=O) groups is 1. The smallest absolute Gasteiger partial charge is 0.251 e. The lowest BCUT2D eigenvalue weighted by atomic mass is 10.1. The number of aromatic nitrogens is 2. The maximum Gasteiger partial charge on any atom is 0.251 e. The number of amides is 1. The van der Waals surface area contributed by atoms with Crippen molar-refractivity contribution in [3.05, 3.63) is 35.7 Å². The molecule has 1 amide bonds. The molecule has 26 heavy (non-hydrogen) atoms. The summed E-state index contributed by atoms with van der Waals surface area (Å²) < 4.78 is 10.9. The van der Waals surface area contributed by atoms with Gasteiger partial charge in [-0.15, -0.1) is 0 Å². The summed E-state index contributed by atoms with van der Waals surface area (Å²) in [6.07, 6.45) is 1.61. The molecule has 2 aromatic rings. The quantitative estimate of drug-likeness (QED) is 0.833. The molecule has 2 fully saturated rings. The van der Waals surface area contributed by atoms with Crippen LogP contribution in [0.4, 0.5) is 0 Å². The molecule has 3 heterocycles. The molecule has 7 nitrogen and oxygen atoms in total. The third-order valence-corrected chi connectivity index (χ3v) is 5.03. The summed E-state index contributed by atoms with van der Waals surface area (Å²) in [6, 6.07) is 8.07. The maximum absolute atomic E-state index is 12.4. The van der Waals surface area contributed by atoms with Crippen molar-refractivity contribution in [2.24, 2.45) is 0 Å². The van der Waals surface area contributed by atoms with E-state index in [1.54, 1.807) is 0 Å². The van der Waals surface area contributed by atoms with Gasteiger partial charge in [-0.3, -0.25) is 9.69 Å². The third kappa shape index (κ3) is 3.78. The van der Waals surface area contributed by atoms with E-state index >= 15 is 0 Å². The fraction of sp³-hybridized carbons (Fsp3) is 0.526. The summed E-state index contributed by atoms with van der Waals surface area (Å²) >= 11 is 0. The fourth-order valence-corrected chi connectivity index (χ4v) is 3.43. The lowest BCUT2D eigenvalue weighted by Crippen LogP contribution is -2.51. The molecule has 1 aromatic heterocycles. The molecule has 138 valence electrons. The van der Waals surface area contributed by atoms with E-state index in [1.165, 1.54) is 5.56 Å². The SMILES string of the molecule is Cc1ccc(-c2noc(CN3CCN(C(=O)C4CCCO4)CC3)n2)cc1. The normalized spacial score (nSPS) is 21.3. The van der Waals surface area contributed by atoms with Gasteiger partial charge in [-0.25, -0.2) is 0 Å². The largest absolute Gasteiger partial charge is 0.368 e. The number of aryl methyl sites for hydroxylation is 1. The van der Waals surface area contributed by atoms with Crippen molar-refractivity contribution in [3.63, 3.8) is 0 Å². The van der Waals surface area contributed by atoms with E-state index in [2.05, 4.69) is 22.0 Å². The summed E-state index contributed by atoms with van der Waals surface area (Å²) in [7, 11) is 0. The van der Waals surface area contributed by atoms with Crippen molar-refractivity contribution in [1.29, 1.82) is 0 Å². The molecule has 0 aliphatic carbocycles. The highest BCUT2D eigenvalue weighted by Gasteiger charge is 2.30. The molecule has 2 aliphatic rings. The number of carbonyl (C=O) groups excluding carboxylic acids is 1. The zero-order valence-electron chi connectivity index (χ0n) is 15.1. The van der Waals surface area contributed by atoms with Crippen LogP contribution in [0, 0.1) is 6.92 Å². The Morgan fingerprint density at radius 2 is 1.96 bits per heavy atom.